The Morgan fingerprint density at radius 3 is 2.40 bits per heavy atom. The van der Waals surface area contributed by atoms with E-state index in [4.69, 9.17) is 0 Å². The van der Waals surface area contributed by atoms with E-state index in [9.17, 15) is 13.2 Å². The number of carbonyl (C=O) groups excluding carboxylic acids is 1. The average Bonchev–Trinajstić information content (AvgIpc) is 1.87. The van der Waals surface area contributed by atoms with Gasteiger partial charge in [-0.15, -0.1) is 0 Å². The van der Waals surface area contributed by atoms with E-state index in [-0.39, 0.29) is 5.75 Å². The molecule has 0 aliphatic rings. The second-order valence-corrected chi connectivity index (χ2v) is 3.67. The van der Waals surface area contributed by atoms with Crippen LogP contribution in [0, 0.1) is 6.42 Å². The maximum atomic E-state index is 10.6. The molecule has 0 heterocycles. The fourth-order valence-electron chi connectivity index (χ4n) is 0.284. The van der Waals surface area contributed by atoms with E-state index < -0.39 is 15.9 Å². The third kappa shape index (κ3) is 3.45. The van der Waals surface area contributed by atoms with Gasteiger partial charge in [-0.2, -0.15) is 0 Å². The molecule has 10 heavy (non-hydrogen) atoms. The van der Waals surface area contributed by atoms with Crippen LogP contribution in [0.5, 0.6) is 0 Å². The molecule has 0 rings (SSSR count). The molecule has 1 N–H and O–H groups in total. The van der Waals surface area contributed by atoms with Gasteiger partial charge >= 0.3 is 0 Å². The smallest absolute Gasteiger partial charge is 0.237 e. The third-order valence-corrected chi connectivity index (χ3v) is 2.17. The highest BCUT2D eigenvalue weighted by molar-refractivity contribution is 7.90. The molecule has 1 amide bonds. The Labute approximate surface area is 60.7 Å². The van der Waals surface area contributed by atoms with E-state index in [0.717, 1.165) is 6.42 Å². The molecule has 0 aromatic carbocycles. The molecule has 0 unspecified atom stereocenters. The number of hydrogen-bond acceptors (Lipinski definition) is 3. The summed E-state index contributed by atoms with van der Waals surface area (Å²) in [6.07, 6.45) is 1.16. The first-order valence-corrected chi connectivity index (χ1v) is 4.51. The maximum Gasteiger partial charge on any atom is 0.237 e. The topological polar surface area (TPSA) is 63.2 Å². The zero-order valence-corrected chi connectivity index (χ0v) is 6.73. The molecule has 0 saturated heterocycles. The van der Waals surface area contributed by atoms with Gasteiger partial charge in [0, 0.05) is 6.42 Å². The predicted molar refractivity (Wildman–Crippen MR) is 37.6 cm³/mol. The minimum atomic E-state index is -3.36. The third-order valence-electron chi connectivity index (χ3n) is 0.898. The number of amides is 1. The summed E-state index contributed by atoms with van der Waals surface area (Å²) in [4.78, 5) is 10.4. The van der Waals surface area contributed by atoms with E-state index in [1.807, 2.05) is 4.72 Å². The highest BCUT2D eigenvalue weighted by Gasteiger charge is 2.08. The lowest BCUT2D eigenvalue weighted by atomic mass is 10.5. The van der Waals surface area contributed by atoms with Gasteiger partial charge < -0.3 is 0 Å². The molecule has 59 valence electrons. The summed E-state index contributed by atoms with van der Waals surface area (Å²) in [7, 11) is -3.36. The molecular weight excluding hydrogens is 154 g/mol. The van der Waals surface area contributed by atoms with Gasteiger partial charge in [0.05, 0.1) is 5.75 Å². The van der Waals surface area contributed by atoms with Crippen molar-refractivity contribution in [3.05, 3.63) is 6.42 Å². The summed E-state index contributed by atoms with van der Waals surface area (Å²) in [6.45, 7) is 2.94. The number of rotatable bonds is 3. The molecule has 0 fully saturated rings. The van der Waals surface area contributed by atoms with Crippen molar-refractivity contribution < 1.29 is 13.2 Å². The van der Waals surface area contributed by atoms with E-state index in [1.165, 1.54) is 13.8 Å². The van der Waals surface area contributed by atoms with E-state index in [0.29, 0.717) is 0 Å². The molecule has 0 atom stereocenters. The van der Waals surface area contributed by atoms with E-state index in [2.05, 4.69) is 0 Å². The van der Waals surface area contributed by atoms with E-state index in [1.54, 1.807) is 0 Å². The van der Waals surface area contributed by atoms with Crippen LogP contribution in [0.1, 0.15) is 13.8 Å². The van der Waals surface area contributed by atoms with Gasteiger partial charge in [-0.05, 0) is 6.92 Å². The van der Waals surface area contributed by atoms with Crippen molar-refractivity contribution >= 4 is 15.9 Å². The highest BCUT2D eigenvalue weighted by atomic mass is 32.2. The van der Waals surface area contributed by atoms with Gasteiger partial charge in [0.1, 0.15) is 0 Å². The molecule has 0 aliphatic heterocycles. The SMILES string of the molecule is C[CH]C(=O)NS(=O)(=O)CC. The Kier molecular flexibility index (Phi) is 3.35. The Morgan fingerprint density at radius 1 is 1.60 bits per heavy atom. The lowest BCUT2D eigenvalue weighted by Crippen LogP contribution is -2.31. The van der Waals surface area contributed by atoms with Gasteiger partial charge in [-0.1, -0.05) is 6.92 Å². The second-order valence-electron chi connectivity index (χ2n) is 1.66. The van der Waals surface area contributed by atoms with Gasteiger partial charge in [-0.3, -0.25) is 9.52 Å². The standard InChI is InChI=1S/C5H10NO3S/c1-3-5(7)6-10(8,9)4-2/h3H,4H2,1-2H3,(H,6,7). The van der Waals surface area contributed by atoms with Gasteiger partial charge in [0.25, 0.3) is 0 Å². The van der Waals surface area contributed by atoms with Crippen LogP contribution in [0.4, 0.5) is 0 Å². The van der Waals surface area contributed by atoms with Crippen LogP contribution in [0.3, 0.4) is 0 Å². The van der Waals surface area contributed by atoms with Crippen LogP contribution < -0.4 is 4.72 Å². The van der Waals surface area contributed by atoms with Gasteiger partial charge in [0.2, 0.25) is 15.9 Å². The molecule has 0 saturated carbocycles. The fraction of sp³-hybridized carbons (Fsp3) is 0.600. The van der Waals surface area contributed by atoms with Crippen molar-refractivity contribution in [3.63, 3.8) is 0 Å². The predicted octanol–water partition coefficient (Wildman–Crippen LogP) is -0.324. The van der Waals surface area contributed by atoms with Crippen molar-refractivity contribution in [2.75, 3.05) is 5.75 Å². The molecule has 0 bridgehead atoms. The number of carbonyl (C=O) groups is 1. The van der Waals surface area contributed by atoms with Crippen molar-refractivity contribution in [3.8, 4) is 0 Å². The van der Waals surface area contributed by atoms with Crippen LogP contribution in [0.2, 0.25) is 0 Å². The van der Waals surface area contributed by atoms with Crippen molar-refractivity contribution in [1.82, 2.24) is 4.72 Å². The lowest BCUT2D eigenvalue weighted by Gasteiger charge is -2.00. The summed E-state index contributed by atoms with van der Waals surface area (Å²) in [5, 5.41) is 0. The second kappa shape index (κ2) is 3.55. The summed E-state index contributed by atoms with van der Waals surface area (Å²) in [5.74, 6) is -0.658. The molecule has 0 aromatic heterocycles. The average molecular weight is 164 g/mol. The normalized spacial score (nSPS) is 11.0. The first-order valence-electron chi connectivity index (χ1n) is 2.85. The quantitative estimate of drug-likeness (QED) is 0.621. The minimum absolute atomic E-state index is 0.0768. The minimum Gasteiger partial charge on any atom is -0.274 e. The molecule has 1 radical (unpaired) electrons. The van der Waals surface area contributed by atoms with Crippen molar-refractivity contribution in [1.29, 1.82) is 0 Å². The fourth-order valence-corrected chi connectivity index (χ4v) is 0.853. The van der Waals surface area contributed by atoms with Crippen LogP contribution in [0.15, 0.2) is 0 Å². The van der Waals surface area contributed by atoms with Crippen molar-refractivity contribution in [2.24, 2.45) is 0 Å². The molecule has 0 aliphatic carbocycles. The van der Waals surface area contributed by atoms with Crippen LogP contribution >= 0.6 is 0 Å². The Morgan fingerprint density at radius 2 is 2.10 bits per heavy atom. The largest absolute Gasteiger partial charge is 0.274 e. The summed E-state index contributed by atoms with van der Waals surface area (Å²) >= 11 is 0. The summed E-state index contributed by atoms with van der Waals surface area (Å²) < 4.78 is 23.1. The molecular formula is C5H10NO3S. The Hall–Kier alpha value is -0.580. The summed E-state index contributed by atoms with van der Waals surface area (Å²) in [5.41, 5.74) is 0. The number of sulfonamides is 1. The number of nitrogens with one attached hydrogen (secondary N) is 1. The van der Waals surface area contributed by atoms with Crippen molar-refractivity contribution in [2.45, 2.75) is 13.8 Å². The number of hydrogen-bond donors (Lipinski definition) is 1. The van der Waals surface area contributed by atoms with Crippen LogP contribution in [0.25, 0.3) is 0 Å². The molecule has 0 spiro atoms. The maximum absolute atomic E-state index is 10.6. The monoisotopic (exact) mass is 164 g/mol. The molecule has 5 heteroatoms. The summed E-state index contributed by atoms with van der Waals surface area (Å²) in [6, 6.07) is 0. The Balaban J connectivity index is 4.03. The lowest BCUT2D eigenvalue weighted by molar-refractivity contribution is -0.116. The first kappa shape index (κ1) is 9.42. The Bertz CT molecular complexity index is 207. The van der Waals surface area contributed by atoms with Crippen LogP contribution in [-0.2, 0) is 14.8 Å². The molecule has 0 aromatic rings. The van der Waals surface area contributed by atoms with E-state index >= 15 is 0 Å². The highest BCUT2D eigenvalue weighted by Crippen LogP contribution is 1.83. The zero-order valence-electron chi connectivity index (χ0n) is 5.92. The van der Waals surface area contributed by atoms with Gasteiger partial charge in [0.15, 0.2) is 0 Å². The first-order chi connectivity index (χ1) is 4.52. The zero-order chi connectivity index (χ0) is 8.20. The van der Waals surface area contributed by atoms with Crippen LogP contribution in [-0.4, -0.2) is 20.1 Å². The molecule has 4 nitrogen and oxygen atoms in total. The van der Waals surface area contributed by atoms with Gasteiger partial charge in [-0.25, -0.2) is 8.42 Å².